The Balaban J connectivity index is 1.62. The van der Waals surface area contributed by atoms with Crippen LogP contribution in [0.4, 0.5) is 5.69 Å². The molecule has 6 nitrogen and oxygen atoms in total. The zero-order chi connectivity index (χ0) is 22.6. The van der Waals surface area contributed by atoms with Gasteiger partial charge in [0.25, 0.3) is 5.91 Å². The molecule has 0 fully saturated rings. The topological polar surface area (TPSA) is 77.5 Å². The van der Waals surface area contributed by atoms with Gasteiger partial charge in [0.2, 0.25) is 0 Å². The van der Waals surface area contributed by atoms with E-state index in [1.165, 1.54) is 24.0 Å². The molecule has 0 bridgehead atoms. The Morgan fingerprint density at radius 3 is 2.26 bits per heavy atom. The highest BCUT2D eigenvalue weighted by Gasteiger charge is 2.17. The van der Waals surface area contributed by atoms with Crippen LogP contribution < -0.4 is 10.1 Å². The minimum Gasteiger partial charge on any atom is -0.486 e. The molecule has 3 aromatic rings. The first-order valence-corrected chi connectivity index (χ1v) is 10.7. The fourth-order valence-corrected chi connectivity index (χ4v) is 3.79. The smallest absolute Gasteiger partial charge is 0.337 e. The molecule has 1 heterocycles. The first-order chi connectivity index (χ1) is 14.7. The van der Waals surface area contributed by atoms with Crippen molar-refractivity contribution in [2.45, 2.75) is 39.7 Å². The maximum atomic E-state index is 12.7. The van der Waals surface area contributed by atoms with Crippen LogP contribution in [0.15, 0.2) is 48.5 Å². The Morgan fingerprint density at radius 1 is 1.03 bits per heavy atom. The van der Waals surface area contributed by atoms with Crippen molar-refractivity contribution in [3.8, 4) is 5.75 Å². The lowest BCUT2D eigenvalue weighted by atomic mass is 9.87. The van der Waals surface area contributed by atoms with E-state index in [0.29, 0.717) is 28.4 Å². The number of hydrogen-bond donors (Lipinski definition) is 1. The molecule has 0 saturated carbocycles. The van der Waals surface area contributed by atoms with E-state index in [4.69, 9.17) is 4.74 Å². The van der Waals surface area contributed by atoms with Gasteiger partial charge in [-0.05, 0) is 54.3 Å². The van der Waals surface area contributed by atoms with E-state index in [-0.39, 0.29) is 11.3 Å². The number of aromatic nitrogens is 1. The van der Waals surface area contributed by atoms with E-state index in [1.54, 1.807) is 31.2 Å². The number of anilines is 1. The fourth-order valence-electron chi connectivity index (χ4n) is 2.92. The van der Waals surface area contributed by atoms with Gasteiger partial charge in [-0.25, -0.2) is 9.78 Å². The van der Waals surface area contributed by atoms with E-state index < -0.39 is 5.97 Å². The molecule has 7 heteroatoms. The average Bonchev–Trinajstić information content (AvgIpc) is 3.12. The third kappa shape index (κ3) is 5.70. The molecule has 162 valence electrons. The largest absolute Gasteiger partial charge is 0.486 e. The number of methoxy groups -OCH3 is 1. The van der Waals surface area contributed by atoms with Crippen molar-refractivity contribution in [1.29, 1.82) is 0 Å². The van der Waals surface area contributed by atoms with Crippen molar-refractivity contribution in [3.63, 3.8) is 0 Å². The molecule has 0 saturated heterocycles. The molecule has 0 spiro atoms. The van der Waals surface area contributed by atoms with Gasteiger partial charge in [-0.15, -0.1) is 11.3 Å². The van der Waals surface area contributed by atoms with Gasteiger partial charge in [0, 0.05) is 5.69 Å². The van der Waals surface area contributed by atoms with Crippen molar-refractivity contribution in [3.05, 3.63) is 75.2 Å². The summed E-state index contributed by atoms with van der Waals surface area (Å²) in [6.45, 7) is 8.60. The van der Waals surface area contributed by atoms with E-state index >= 15 is 0 Å². The van der Waals surface area contributed by atoms with Crippen LogP contribution in [0.5, 0.6) is 5.75 Å². The van der Waals surface area contributed by atoms with Crippen molar-refractivity contribution in [2.75, 3.05) is 12.4 Å². The van der Waals surface area contributed by atoms with Crippen LogP contribution in [-0.4, -0.2) is 24.0 Å². The SMILES string of the molecule is COC(=O)c1ccc(NC(=O)c2sc(COc3ccc(C(C)(C)C)cc3)nc2C)cc1. The first kappa shape index (κ1) is 22.5. The van der Waals surface area contributed by atoms with Crippen LogP contribution in [0, 0.1) is 6.92 Å². The molecule has 1 aromatic heterocycles. The highest BCUT2D eigenvalue weighted by molar-refractivity contribution is 7.13. The van der Waals surface area contributed by atoms with E-state index in [0.717, 1.165) is 10.8 Å². The molecule has 1 N–H and O–H groups in total. The van der Waals surface area contributed by atoms with Crippen molar-refractivity contribution >= 4 is 28.9 Å². The minimum absolute atomic E-state index is 0.0901. The maximum absolute atomic E-state index is 12.7. The molecular formula is C24H26N2O4S. The van der Waals surface area contributed by atoms with Crippen molar-refractivity contribution < 1.29 is 19.1 Å². The zero-order valence-electron chi connectivity index (χ0n) is 18.3. The number of nitrogens with one attached hydrogen (secondary N) is 1. The van der Waals surface area contributed by atoms with Gasteiger partial charge in [0.1, 0.15) is 22.2 Å². The number of thiazole rings is 1. The summed E-state index contributed by atoms with van der Waals surface area (Å²) in [4.78, 5) is 29.2. The predicted octanol–water partition coefficient (Wildman–Crippen LogP) is 5.37. The summed E-state index contributed by atoms with van der Waals surface area (Å²) in [5.74, 6) is 0.0908. The number of hydrogen-bond acceptors (Lipinski definition) is 6. The van der Waals surface area contributed by atoms with Crippen LogP contribution in [-0.2, 0) is 16.8 Å². The Hall–Kier alpha value is -3.19. The lowest BCUT2D eigenvalue weighted by Crippen LogP contribution is -2.11. The lowest BCUT2D eigenvalue weighted by Gasteiger charge is -2.19. The van der Waals surface area contributed by atoms with Gasteiger partial charge >= 0.3 is 5.97 Å². The maximum Gasteiger partial charge on any atom is 0.337 e. The minimum atomic E-state index is -0.422. The fraction of sp³-hybridized carbons (Fsp3) is 0.292. The quantitative estimate of drug-likeness (QED) is 0.524. The number of carbonyl (C=O) groups excluding carboxylic acids is 2. The summed E-state index contributed by atoms with van der Waals surface area (Å²) in [7, 11) is 1.33. The van der Waals surface area contributed by atoms with Crippen LogP contribution in [0.1, 0.15) is 57.1 Å². The highest BCUT2D eigenvalue weighted by atomic mass is 32.1. The summed E-state index contributed by atoms with van der Waals surface area (Å²) in [5.41, 5.74) is 2.98. The van der Waals surface area contributed by atoms with Gasteiger partial charge in [-0.2, -0.15) is 0 Å². The second kappa shape index (κ2) is 9.31. The summed E-state index contributed by atoms with van der Waals surface area (Å²) >= 11 is 1.30. The number of ether oxygens (including phenoxy) is 2. The van der Waals surface area contributed by atoms with Gasteiger partial charge in [0.05, 0.1) is 18.4 Å². The number of nitrogens with zero attached hydrogens (tertiary/aromatic N) is 1. The number of aryl methyl sites for hydroxylation is 1. The first-order valence-electron chi connectivity index (χ1n) is 9.87. The molecule has 31 heavy (non-hydrogen) atoms. The Bertz CT molecular complexity index is 1060. The van der Waals surface area contributed by atoms with Crippen LogP contribution >= 0.6 is 11.3 Å². The van der Waals surface area contributed by atoms with Gasteiger partial charge in [-0.1, -0.05) is 32.9 Å². The standard InChI is InChI=1S/C24H26N2O4S/c1-15-21(22(27)26-18-10-6-16(7-11-18)23(28)29-5)31-20(25-15)14-30-19-12-8-17(9-13-19)24(2,3)4/h6-13H,14H2,1-5H3,(H,26,27). The number of carbonyl (C=O) groups is 2. The van der Waals surface area contributed by atoms with E-state index in [1.807, 2.05) is 12.1 Å². The molecule has 0 atom stereocenters. The summed E-state index contributed by atoms with van der Waals surface area (Å²) in [5, 5.41) is 3.55. The zero-order valence-corrected chi connectivity index (χ0v) is 19.1. The Labute approximate surface area is 186 Å². The average molecular weight is 439 g/mol. The van der Waals surface area contributed by atoms with Crippen LogP contribution in [0.2, 0.25) is 0 Å². The number of rotatable bonds is 6. The predicted molar refractivity (Wildman–Crippen MR) is 122 cm³/mol. The second-order valence-electron chi connectivity index (χ2n) is 8.11. The van der Waals surface area contributed by atoms with Crippen molar-refractivity contribution in [1.82, 2.24) is 4.98 Å². The molecule has 0 aliphatic heterocycles. The van der Waals surface area contributed by atoms with Crippen molar-refractivity contribution in [2.24, 2.45) is 0 Å². The molecule has 0 aliphatic rings. The van der Waals surface area contributed by atoms with E-state index in [2.05, 4.69) is 47.9 Å². The summed E-state index contributed by atoms with van der Waals surface area (Å²) in [6.07, 6.45) is 0. The molecule has 0 aliphatic carbocycles. The summed E-state index contributed by atoms with van der Waals surface area (Å²) < 4.78 is 10.5. The molecular weight excluding hydrogens is 412 g/mol. The number of amides is 1. The molecule has 1 amide bonds. The van der Waals surface area contributed by atoms with Gasteiger partial charge < -0.3 is 14.8 Å². The van der Waals surface area contributed by atoms with Crippen LogP contribution in [0.25, 0.3) is 0 Å². The normalized spacial score (nSPS) is 11.1. The second-order valence-corrected chi connectivity index (χ2v) is 9.19. The molecule has 0 radical (unpaired) electrons. The lowest BCUT2D eigenvalue weighted by molar-refractivity contribution is 0.0600. The van der Waals surface area contributed by atoms with Crippen LogP contribution in [0.3, 0.4) is 0 Å². The Kier molecular flexibility index (Phi) is 6.75. The monoisotopic (exact) mass is 438 g/mol. The highest BCUT2D eigenvalue weighted by Crippen LogP contribution is 2.26. The summed E-state index contributed by atoms with van der Waals surface area (Å²) in [6, 6.07) is 14.5. The molecule has 0 unspecified atom stereocenters. The van der Waals surface area contributed by atoms with Gasteiger partial charge in [-0.3, -0.25) is 4.79 Å². The van der Waals surface area contributed by atoms with E-state index in [9.17, 15) is 9.59 Å². The third-order valence-corrected chi connectivity index (χ3v) is 5.82. The van der Waals surface area contributed by atoms with Gasteiger partial charge in [0.15, 0.2) is 0 Å². The molecule has 2 aromatic carbocycles. The third-order valence-electron chi connectivity index (χ3n) is 4.69. The number of benzene rings is 2. The number of esters is 1. The Morgan fingerprint density at radius 2 is 1.68 bits per heavy atom. The molecule has 3 rings (SSSR count).